The molecule has 1 aromatic heterocycles. The van der Waals surface area contributed by atoms with Gasteiger partial charge in [-0.2, -0.15) is 0 Å². The van der Waals surface area contributed by atoms with Crippen molar-refractivity contribution in [3.63, 3.8) is 0 Å². The van der Waals surface area contributed by atoms with E-state index in [-0.39, 0.29) is 11.7 Å². The van der Waals surface area contributed by atoms with Crippen LogP contribution in [0.15, 0.2) is 46.6 Å². The summed E-state index contributed by atoms with van der Waals surface area (Å²) in [5.74, 6) is -0.193. The van der Waals surface area contributed by atoms with Crippen LogP contribution in [0.4, 0.5) is 4.39 Å². The van der Waals surface area contributed by atoms with Gasteiger partial charge in [0.2, 0.25) is 0 Å². The Morgan fingerprint density at radius 2 is 2.09 bits per heavy atom. The first-order valence-corrected chi connectivity index (χ1v) is 7.91. The molecular formula is C18H19FN2O2. The van der Waals surface area contributed by atoms with Crippen molar-refractivity contribution in [3.05, 3.63) is 53.5 Å². The van der Waals surface area contributed by atoms with E-state index in [0.29, 0.717) is 23.4 Å². The predicted octanol–water partition coefficient (Wildman–Crippen LogP) is 4.10. The van der Waals surface area contributed by atoms with Gasteiger partial charge in [-0.25, -0.2) is 4.39 Å². The lowest BCUT2D eigenvalue weighted by atomic mass is 9.97. The topological polar surface area (TPSA) is 55.1 Å². The first-order chi connectivity index (χ1) is 11.2. The van der Waals surface area contributed by atoms with Crippen molar-refractivity contribution in [2.75, 3.05) is 6.54 Å². The first kappa shape index (κ1) is 15.5. The Balaban J connectivity index is 1.63. The molecule has 120 valence electrons. The minimum Gasteiger partial charge on any atom is -0.355 e. The lowest BCUT2D eigenvalue weighted by Gasteiger charge is -2.12. The normalized spacial score (nSPS) is 14.4. The summed E-state index contributed by atoms with van der Waals surface area (Å²) in [6, 6.07) is 5.79. The van der Waals surface area contributed by atoms with E-state index in [1.165, 1.54) is 36.7 Å². The quantitative estimate of drug-likeness (QED) is 0.845. The fourth-order valence-corrected chi connectivity index (χ4v) is 2.77. The number of nitrogens with zero attached hydrogens (tertiary/aromatic N) is 1. The van der Waals surface area contributed by atoms with E-state index in [0.717, 1.165) is 19.3 Å². The van der Waals surface area contributed by atoms with Gasteiger partial charge < -0.3 is 9.84 Å². The molecular weight excluding hydrogens is 295 g/mol. The Morgan fingerprint density at radius 3 is 2.83 bits per heavy atom. The van der Waals surface area contributed by atoms with Crippen molar-refractivity contribution in [1.82, 2.24) is 10.5 Å². The van der Waals surface area contributed by atoms with Crippen LogP contribution in [0.2, 0.25) is 0 Å². The first-order valence-electron chi connectivity index (χ1n) is 7.91. The van der Waals surface area contributed by atoms with E-state index >= 15 is 0 Å². The van der Waals surface area contributed by atoms with Crippen molar-refractivity contribution in [2.45, 2.75) is 32.1 Å². The molecule has 0 saturated carbocycles. The molecule has 0 unspecified atom stereocenters. The third-order valence-electron chi connectivity index (χ3n) is 4.04. The van der Waals surface area contributed by atoms with Crippen LogP contribution in [0.3, 0.4) is 0 Å². The average Bonchev–Trinajstić information content (AvgIpc) is 3.06. The molecule has 5 heteroatoms. The molecule has 0 fully saturated rings. The molecule has 1 heterocycles. The van der Waals surface area contributed by atoms with E-state index in [1.54, 1.807) is 12.1 Å². The summed E-state index contributed by atoms with van der Waals surface area (Å²) < 4.78 is 18.2. The molecule has 4 nitrogen and oxygen atoms in total. The van der Waals surface area contributed by atoms with Gasteiger partial charge in [-0.3, -0.25) is 4.79 Å². The van der Waals surface area contributed by atoms with E-state index < -0.39 is 0 Å². The van der Waals surface area contributed by atoms with Gasteiger partial charge in [0.05, 0.1) is 6.20 Å². The Morgan fingerprint density at radius 1 is 1.26 bits per heavy atom. The summed E-state index contributed by atoms with van der Waals surface area (Å²) >= 11 is 0. The zero-order valence-corrected chi connectivity index (χ0v) is 12.8. The third-order valence-corrected chi connectivity index (χ3v) is 4.04. The standard InChI is InChI=1S/C18H19FN2O2/c19-15-8-6-14(7-9-15)17-16(12-21-23-17)18(22)20-11-10-13-4-2-1-3-5-13/h4,6-9,12H,1-3,5,10-11H2,(H,20,22). The molecule has 3 rings (SSSR count). The lowest BCUT2D eigenvalue weighted by molar-refractivity contribution is 0.0954. The van der Waals surface area contributed by atoms with Crippen LogP contribution in [0.25, 0.3) is 11.3 Å². The second kappa shape index (κ2) is 7.22. The second-order valence-electron chi connectivity index (χ2n) is 5.69. The number of halogens is 1. The van der Waals surface area contributed by atoms with Crippen molar-refractivity contribution >= 4 is 5.91 Å². The number of carbonyl (C=O) groups is 1. The van der Waals surface area contributed by atoms with Gasteiger partial charge in [-0.1, -0.05) is 16.8 Å². The average molecular weight is 314 g/mol. The van der Waals surface area contributed by atoms with Gasteiger partial charge in [-0.15, -0.1) is 0 Å². The predicted molar refractivity (Wildman–Crippen MR) is 85.4 cm³/mol. The molecule has 1 aromatic carbocycles. The number of aromatic nitrogens is 1. The number of rotatable bonds is 5. The van der Waals surface area contributed by atoms with Crippen LogP contribution in [0.1, 0.15) is 42.5 Å². The van der Waals surface area contributed by atoms with Gasteiger partial charge in [0, 0.05) is 12.1 Å². The van der Waals surface area contributed by atoms with Crippen molar-refractivity contribution in [1.29, 1.82) is 0 Å². The smallest absolute Gasteiger partial charge is 0.256 e. The van der Waals surface area contributed by atoms with Crippen molar-refractivity contribution in [3.8, 4) is 11.3 Å². The Hall–Kier alpha value is -2.43. The third kappa shape index (κ3) is 3.86. The highest BCUT2D eigenvalue weighted by Crippen LogP contribution is 2.24. The molecule has 0 aliphatic heterocycles. The number of nitrogens with one attached hydrogen (secondary N) is 1. The zero-order valence-electron chi connectivity index (χ0n) is 12.8. The summed E-state index contributed by atoms with van der Waals surface area (Å²) in [6.45, 7) is 0.596. The number of hydrogen-bond acceptors (Lipinski definition) is 3. The van der Waals surface area contributed by atoms with Gasteiger partial charge in [0.25, 0.3) is 5.91 Å². The number of amides is 1. The summed E-state index contributed by atoms with van der Waals surface area (Å²) in [7, 11) is 0. The van der Waals surface area contributed by atoms with Gasteiger partial charge in [-0.05, 0) is 56.4 Å². The van der Waals surface area contributed by atoms with Gasteiger partial charge in [0.1, 0.15) is 11.4 Å². The fraction of sp³-hybridized carbons (Fsp3) is 0.333. The number of carbonyl (C=O) groups excluding carboxylic acids is 1. The maximum atomic E-state index is 13.0. The summed E-state index contributed by atoms with van der Waals surface area (Å²) in [5.41, 5.74) is 2.42. The Kier molecular flexibility index (Phi) is 4.86. The highest BCUT2D eigenvalue weighted by molar-refractivity contribution is 5.99. The number of benzene rings is 1. The minimum absolute atomic E-state index is 0.220. The van der Waals surface area contributed by atoms with Crippen molar-refractivity contribution < 1.29 is 13.7 Å². The SMILES string of the molecule is O=C(NCCC1=CCCCC1)c1cnoc1-c1ccc(F)cc1. The summed E-state index contributed by atoms with van der Waals surface area (Å²) in [6.07, 6.45) is 9.32. The molecule has 0 radical (unpaired) electrons. The van der Waals surface area contributed by atoms with E-state index in [1.807, 2.05) is 0 Å². The largest absolute Gasteiger partial charge is 0.355 e. The Bertz CT molecular complexity index is 704. The maximum absolute atomic E-state index is 13.0. The molecule has 0 atom stereocenters. The zero-order chi connectivity index (χ0) is 16.1. The van der Waals surface area contributed by atoms with E-state index in [4.69, 9.17) is 4.52 Å². The highest BCUT2D eigenvalue weighted by Gasteiger charge is 2.17. The molecule has 23 heavy (non-hydrogen) atoms. The minimum atomic E-state index is -0.333. The number of hydrogen-bond donors (Lipinski definition) is 1. The van der Waals surface area contributed by atoms with Crippen LogP contribution < -0.4 is 5.32 Å². The van der Waals surface area contributed by atoms with Crippen LogP contribution in [-0.2, 0) is 0 Å². The maximum Gasteiger partial charge on any atom is 0.256 e. The van der Waals surface area contributed by atoms with Crippen LogP contribution in [-0.4, -0.2) is 17.6 Å². The monoisotopic (exact) mass is 314 g/mol. The Labute approximate surface area is 134 Å². The molecule has 0 bridgehead atoms. The van der Waals surface area contributed by atoms with E-state index in [2.05, 4.69) is 16.5 Å². The molecule has 1 aliphatic rings. The molecule has 0 spiro atoms. The fourth-order valence-electron chi connectivity index (χ4n) is 2.77. The van der Waals surface area contributed by atoms with Crippen LogP contribution in [0.5, 0.6) is 0 Å². The van der Waals surface area contributed by atoms with Crippen molar-refractivity contribution in [2.24, 2.45) is 0 Å². The van der Waals surface area contributed by atoms with E-state index in [9.17, 15) is 9.18 Å². The lowest BCUT2D eigenvalue weighted by Crippen LogP contribution is -2.25. The number of allylic oxidation sites excluding steroid dienone is 1. The molecule has 1 aliphatic carbocycles. The highest BCUT2D eigenvalue weighted by atomic mass is 19.1. The summed E-state index contributed by atoms with van der Waals surface area (Å²) in [4.78, 5) is 12.3. The van der Waals surface area contributed by atoms with Gasteiger partial charge in [0.15, 0.2) is 5.76 Å². The molecule has 2 aromatic rings. The second-order valence-corrected chi connectivity index (χ2v) is 5.69. The molecule has 0 saturated heterocycles. The van der Waals surface area contributed by atoms with Crippen LogP contribution in [0, 0.1) is 5.82 Å². The van der Waals surface area contributed by atoms with Gasteiger partial charge >= 0.3 is 0 Å². The summed E-state index contributed by atoms with van der Waals surface area (Å²) in [5, 5.41) is 6.60. The molecule has 1 amide bonds. The van der Waals surface area contributed by atoms with Crippen LogP contribution >= 0.6 is 0 Å². The molecule has 1 N–H and O–H groups in total.